The number of anilines is 1. The van der Waals surface area contributed by atoms with Crippen molar-refractivity contribution in [1.29, 1.82) is 0 Å². The Kier molecular flexibility index (Phi) is 5.59. The fourth-order valence-corrected chi connectivity index (χ4v) is 4.73. The van der Waals surface area contributed by atoms with E-state index >= 15 is 0 Å². The lowest BCUT2D eigenvalue weighted by Gasteiger charge is -2.40. The summed E-state index contributed by atoms with van der Waals surface area (Å²) in [6, 6.07) is 12.1. The molecule has 0 bridgehead atoms. The fraction of sp³-hybridized carbons (Fsp3) is 0.458. The monoisotopic (exact) mass is 396 g/mol. The van der Waals surface area contributed by atoms with Crippen LogP contribution in [-0.2, 0) is 5.41 Å². The van der Waals surface area contributed by atoms with E-state index in [4.69, 9.17) is 4.74 Å². The van der Waals surface area contributed by atoms with Gasteiger partial charge < -0.3 is 14.5 Å². The minimum Gasteiger partial charge on any atom is -0.497 e. The van der Waals surface area contributed by atoms with Gasteiger partial charge in [0.1, 0.15) is 11.6 Å². The average molecular weight is 397 g/mol. The Morgan fingerprint density at radius 3 is 2.52 bits per heavy atom. The normalized spacial score (nSPS) is 18.1. The number of hydrogen-bond donors (Lipinski definition) is 0. The van der Waals surface area contributed by atoms with Crippen molar-refractivity contribution < 1.29 is 13.9 Å². The number of halogens is 1. The van der Waals surface area contributed by atoms with Gasteiger partial charge in [0, 0.05) is 23.2 Å². The van der Waals surface area contributed by atoms with E-state index < -0.39 is 0 Å². The van der Waals surface area contributed by atoms with Gasteiger partial charge >= 0.3 is 0 Å². The number of carbonyl (C=O) groups is 1. The summed E-state index contributed by atoms with van der Waals surface area (Å²) in [6.07, 6.45) is 4.32. The van der Waals surface area contributed by atoms with Crippen LogP contribution >= 0.6 is 0 Å². The van der Waals surface area contributed by atoms with Crippen LogP contribution in [0.3, 0.4) is 0 Å². The highest BCUT2D eigenvalue weighted by atomic mass is 19.1. The first-order valence-electron chi connectivity index (χ1n) is 10.5. The summed E-state index contributed by atoms with van der Waals surface area (Å²) in [5, 5.41) is 0. The molecule has 29 heavy (non-hydrogen) atoms. The SMILES string of the molecule is CCCCN1CCC2(CC1)CN(C(=O)c1ccc(OC)cc1)c1ccc(F)cc12. The predicted molar refractivity (Wildman–Crippen MR) is 113 cm³/mol. The van der Waals surface area contributed by atoms with Gasteiger partial charge in [-0.05, 0) is 86.9 Å². The van der Waals surface area contributed by atoms with E-state index in [1.54, 1.807) is 43.5 Å². The number of ether oxygens (including phenoxy) is 1. The molecular weight excluding hydrogens is 367 g/mol. The molecule has 0 saturated carbocycles. The number of hydrogen-bond acceptors (Lipinski definition) is 3. The topological polar surface area (TPSA) is 32.8 Å². The zero-order valence-corrected chi connectivity index (χ0v) is 17.3. The zero-order chi connectivity index (χ0) is 20.4. The highest BCUT2D eigenvalue weighted by Gasteiger charge is 2.46. The maximum atomic E-state index is 14.1. The Morgan fingerprint density at radius 2 is 1.86 bits per heavy atom. The van der Waals surface area contributed by atoms with Crippen LogP contribution in [0.25, 0.3) is 0 Å². The van der Waals surface area contributed by atoms with Crippen molar-refractivity contribution in [3.8, 4) is 5.75 Å². The van der Waals surface area contributed by atoms with Crippen LogP contribution in [0.1, 0.15) is 48.5 Å². The number of fused-ring (bicyclic) bond motifs is 2. The van der Waals surface area contributed by atoms with Gasteiger partial charge in [-0.2, -0.15) is 0 Å². The Hall–Kier alpha value is -2.40. The van der Waals surface area contributed by atoms with E-state index in [1.165, 1.54) is 18.9 Å². The largest absolute Gasteiger partial charge is 0.497 e. The lowest BCUT2D eigenvalue weighted by Crippen LogP contribution is -2.46. The van der Waals surface area contributed by atoms with Gasteiger partial charge in [0.15, 0.2) is 0 Å². The number of amides is 1. The van der Waals surface area contributed by atoms with Crippen molar-refractivity contribution in [3.05, 3.63) is 59.4 Å². The molecule has 0 unspecified atom stereocenters. The molecule has 2 heterocycles. The first-order chi connectivity index (χ1) is 14.1. The fourth-order valence-electron chi connectivity index (χ4n) is 4.73. The number of piperidine rings is 1. The minimum atomic E-state index is -0.227. The van der Waals surface area contributed by atoms with E-state index in [0.717, 1.165) is 49.5 Å². The lowest BCUT2D eigenvalue weighted by molar-refractivity contribution is 0.0976. The van der Waals surface area contributed by atoms with Crippen LogP contribution in [0, 0.1) is 5.82 Å². The Labute approximate surface area is 172 Å². The molecule has 2 aliphatic rings. The molecule has 4 nitrogen and oxygen atoms in total. The lowest BCUT2D eigenvalue weighted by atomic mass is 9.74. The smallest absolute Gasteiger partial charge is 0.258 e. The number of nitrogens with zero attached hydrogens (tertiary/aromatic N) is 2. The van der Waals surface area contributed by atoms with E-state index in [9.17, 15) is 9.18 Å². The number of carbonyl (C=O) groups excluding carboxylic acids is 1. The molecule has 1 fully saturated rings. The van der Waals surface area contributed by atoms with Crippen LogP contribution in [0.2, 0.25) is 0 Å². The molecule has 0 atom stereocenters. The average Bonchev–Trinajstić information content (AvgIpc) is 3.06. The first kappa shape index (κ1) is 19.9. The van der Waals surface area contributed by atoms with E-state index in [1.807, 2.05) is 4.90 Å². The van der Waals surface area contributed by atoms with Crippen LogP contribution in [0.5, 0.6) is 5.75 Å². The molecule has 0 aromatic heterocycles. The molecule has 5 heteroatoms. The second-order valence-corrected chi connectivity index (χ2v) is 8.26. The van der Waals surface area contributed by atoms with E-state index in [2.05, 4.69) is 11.8 Å². The van der Waals surface area contributed by atoms with Gasteiger partial charge in [0.05, 0.1) is 7.11 Å². The highest BCUT2D eigenvalue weighted by molar-refractivity contribution is 6.07. The number of unbranched alkanes of at least 4 members (excludes halogenated alkanes) is 1. The third-order valence-electron chi connectivity index (χ3n) is 6.50. The van der Waals surface area contributed by atoms with Gasteiger partial charge in [-0.15, -0.1) is 0 Å². The van der Waals surface area contributed by atoms with Crippen molar-refractivity contribution >= 4 is 11.6 Å². The van der Waals surface area contributed by atoms with Crippen LogP contribution in [0.15, 0.2) is 42.5 Å². The Morgan fingerprint density at radius 1 is 1.14 bits per heavy atom. The van der Waals surface area contributed by atoms with E-state index in [0.29, 0.717) is 12.1 Å². The summed E-state index contributed by atoms with van der Waals surface area (Å²) in [5.41, 5.74) is 2.32. The standard InChI is InChI=1S/C24H29FN2O2/c1-3-4-13-26-14-11-24(12-15-26)17-27(22-10-7-19(25)16-21(22)24)23(28)18-5-8-20(29-2)9-6-18/h5-10,16H,3-4,11-15,17H2,1-2H3. The molecule has 0 radical (unpaired) electrons. The van der Waals surface area contributed by atoms with E-state index in [-0.39, 0.29) is 17.1 Å². The minimum absolute atomic E-state index is 0.0363. The van der Waals surface area contributed by atoms with Gasteiger partial charge in [-0.3, -0.25) is 4.79 Å². The van der Waals surface area contributed by atoms with Gasteiger partial charge in [0.2, 0.25) is 0 Å². The van der Waals surface area contributed by atoms with Crippen molar-refractivity contribution in [2.24, 2.45) is 0 Å². The molecular formula is C24H29FN2O2. The summed E-state index contributed by atoms with van der Waals surface area (Å²) in [7, 11) is 1.61. The molecule has 4 rings (SSSR count). The first-order valence-corrected chi connectivity index (χ1v) is 10.5. The quantitative estimate of drug-likeness (QED) is 0.739. The van der Waals surface area contributed by atoms with Crippen LogP contribution in [-0.4, -0.2) is 44.1 Å². The molecule has 2 aromatic rings. The molecule has 2 aromatic carbocycles. The molecule has 0 N–H and O–H groups in total. The van der Waals surface area contributed by atoms with Gasteiger partial charge in [-0.1, -0.05) is 13.3 Å². The third-order valence-corrected chi connectivity index (χ3v) is 6.50. The van der Waals surface area contributed by atoms with Crippen molar-refractivity contribution in [3.63, 3.8) is 0 Å². The molecule has 1 amide bonds. The molecule has 154 valence electrons. The summed E-state index contributed by atoms with van der Waals surface area (Å²) < 4.78 is 19.4. The summed E-state index contributed by atoms with van der Waals surface area (Å²) in [5.74, 6) is 0.461. The third kappa shape index (κ3) is 3.76. The zero-order valence-electron chi connectivity index (χ0n) is 17.3. The molecule has 0 aliphatic carbocycles. The molecule has 1 spiro atoms. The Bertz CT molecular complexity index is 873. The van der Waals surface area contributed by atoms with Gasteiger partial charge in [0.25, 0.3) is 5.91 Å². The van der Waals surface area contributed by atoms with Crippen LogP contribution in [0.4, 0.5) is 10.1 Å². The predicted octanol–water partition coefficient (Wildman–Crippen LogP) is 4.63. The van der Waals surface area contributed by atoms with Gasteiger partial charge in [-0.25, -0.2) is 4.39 Å². The number of benzene rings is 2. The second-order valence-electron chi connectivity index (χ2n) is 8.26. The molecule has 2 aliphatic heterocycles. The number of rotatable bonds is 5. The van der Waals surface area contributed by atoms with Crippen molar-refractivity contribution in [2.45, 2.75) is 38.0 Å². The summed E-state index contributed by atoms with van der Waals surface area (Å²) >= 11 is 0. The summed E-state index contributed by atoms with van der Waals surface area (Å²) in [6.45, 7) is 5.96. The summed E-state index contributed by atoms with van der Waals surface area (Å²) in [4.78, 5) is 17.7. The van der Waals surface area contributed by atoms with Crippen molar-refractivity contribution in [1.82, 2.24) is 4.90 Å². The second kappa shape index (κ2) is 8.15. The maximum absolute atomic E-state index is 14.1. The maximum Gasteiger partial charge on any atom is 0.258 e. The number of likely N-dealkylation sites (tertiary alicyclic amines) is 1. The Balaban J connectivity index is 1.60. The highest BCUT2D eigenvalue weighted by Crippen LogP contribution is 2.47. The molecule has 1 saturated heterocycles. The van der Waals surface area contributed by atoms with Crippen LogP contribution < -0.4 is 9.64 Å². The van der Waals surface area contributed by atoms with Crippen molar-refractivity contribution in [2.75, 3.05) is 38.2 Å². The number of methoxy groups -OCH3 is 1.